The molecule has 1 saturated heterocycles. The molecule has 6 heteroatoms. The first-order chi connectivity index (χ1) is 14.2. The van der Waals surface area contributed by atoms with E-state index in [1.54, 1.807) is 36.6 Å². The Morgan fingerprint density at radius 3 is 2.24 bits per heavy atom. The molecular formula is C23H17N3O2S. The second kappa shape index (κ2) is 8.58. The van der Waals surface area contributed by atoms with E-state index >= 15 is 0 Å². The van der Waals surface area contributed by atoms with Crippen molar-refractivity contribution in [3.8, 4) is 5.75 Å². The summed E-state index contributed by atoms with van der Waals surface area (Å²) in [5, 5.41) is 16.1. The van der Waals surface area contributed by atoms with E-state index in [1.807, 2.05) is 60.7 Å². The first-order valence-electron chi connectivity index (χ1n) is 8.95. The lowest BCUT2D eigenvalue weighted by Gasteiger charge is -2.08. The maximum Gasteiger partial charge on any atom is 0.287 e. The van der Waals surface area contributed by atoms with Gasteiger partial charge in [-0.25, -0.2) is 4.99 Å². The van der Waals surface area contributed by atoms with Crippen molar-refractivity contribution in [1.29, 1.82) is 0 Å². The predicted molar refractivity (Wildman–Crippen MR) is 118 cm³/mol. The van der Waals surface area contributed by atoms with Crippen molar-refractivity contribution >= 4 is 40.8 Å². The Morgan fingerprint density at radius 1 is 0.862 bits per heavy atom. The molecule has 0 aromatic heterocycles. The Labute approximate surface area is 172 Å². The van der Waals surface area contributed by atoms with Crippen LogP contribution in [0, 0.1) is 0 Å². The zero-order chi connectivity index (χ0) is 20.1. The van der Waals surface area contributed by atoms with Gasteiger partial charge in [-0.1, -0.05) is 66.7 Å². The molecule has 0 atom stereocenters. The van der Waals surface area contributed by atoms with Crippen LogP contribution in [0.2, 0.25) is 0 Å². The third kappa shape index (κ3) is 4.44. The fourth-order valence-corrected chi connectivity index (χ4v) is 3.59. The van der Waals surface area contributed by atoms with Gasteiger partial charge in [0.2, 0.25) is 0 Å². The molecule has 0 aliphatic carbocycles. The summed E-state index contributed by atoms with van der Waals surface area (Å²) in [7, 11) is 0. The monoisotopic (exact) mass is 399 g/mol. The molecule has 4 rings (SSSR count). The van der Waals surface area contributed by atoms with Gasteiger partial charge in [0.25, 0.3) is 5.91 Å². The summed E-state index contributed by atoms with van der Waals surface area (Å²) in [5.74, 6) is -0.179. The first-order valence-corrected chi connectivity index (χ1v) is 9.77. The number of amidine groups is 1. The second-order valence-corrected chi connectivity index (χ2v) is 7.18. The van der Waals surface area contributed by atoms with Gasteiger partial charge in [0, 0.05) is 5.56 Å². The van der Waals surface area contributed by atoms with Crippen LogP contribution in [0.15, 0.2) is 99.9 Å². The van der Waals surface area contributed by atoms with Crippen LogP contribution in [0.3, 0.4) is 0 Å². The van der Waals surface area contributed by atoms with E-state index in [0.29, 0.717) is 15.6 Å². The van der Waals surface area contributed by atoms with E-state index in [2.05, 4.69) is 10.1 Å². The summed E-state index contributed by atoms with van der Waals surface area (Å²) >= 11 is 1.22. The van der Waals surface area contributed by atoms with Crippen LogP contribution < -0.4 is 0 Å². The van der Waals surface area contributed by atoms with Crippen molar-refractivity contribution in [2.45, 2.75) is 0 Å². The van der Waals surface area contributed by atoms with Gasteiger partial charge in [-0.15, -0.1) is 0 Å². The number of nitrogens with zero attached hydrogens (tertiary/aromatic N) is 3. The number of benzene rings is 3. The summed E-state index contributed by atoms with van der Waals surface area (Å²) < 4.78 is 0. The molecular weight excluding hydrogens is 382 g/mol. The predicted octanol–water partition coefficient (Wildman–Crippen LogP) is 5.03. The van der Waals surface area contributed by atoms with Crippen LogP contribution in [0.4, 0.5) is 5.69 Å². The van der Waals surface area contributed by atoms with E-state index in [4.69, 9.17) is 0 Å². The van der Waals surface area contributed by atoms with Gasteiger partial charge in [-0.3, -0.25) is 4.79 Å². The van der Waals surface area contributed by atoms with Crippen LogP contribution >= 0.6 is 11.8 Å². The molecule has 0 unspecified atom stereocenters. The molecule has 1 aliphatic rings. The molecule has 29 heavy (non-hydrogen) atoms. The largest absolute Gasteiger partial charge is 0.507 e. The highest BCUT2D eigenvalue weighted by atomic mass is 32.2. The third-order valence-corrected chi connectivity index (χ3v) is 5.07. The molecule has 0 bridgehead atoms. The number of para-hydroxylation sites is 2. The molecule has 3 aromatic rings. The highest BCUT2D eigenvalue weighted by molar-refractivity contribution is 8.18. The minimum absolute atomic E-state index is 0.112. The third-order valence-electron chi connectivity index (χ3n) is 4.11. The number of aromatic hydroxyl groups is 1. The van der Waals surface area contributed by atoms with Gasteiger partial charge in [0.05, 0.1) is 16.8 Å². The Balaban J connectivity index is 1.71. The molecule has 1 fully saturated rings. The van der Waals surface area contributed by atoms with Crippen molar-refractivity contribution < 1.29 is 9.90 Å². The van der Waals surface area contributed by atoms with Gasteiger partial charge in [-0.05, 0) is 41.6 Å². The molecule has 0 saturated carbocycles. The number of hydrogen-bond donors (Lipinski definition) is 1. The number of hydrazone groups is 1. The Kier molecular flexibility index (Phi) is 5.54. The molecule has 1 amide bonds. The number of phenolic OH excluding ortho intramolecular Hbond substituents is 1. The molecule has 0 spiro atoms. The van der Waals surface area contributed by atoms with Crippen molar-refractivity contribution in [1.82, 2.24) is 5.01 Å². The van der Waals surface area contributed by atoms with Crippen LogP contribution in [0.25, 0.3) is 6.08 Å². The highest BCUT2D eigenvalue weighted by Crippen LogP contribution is 2.35. The quantitative estimate of drug-likeness (QED) is 0.494. The zero-order valence-electron chi connectivity index (χ0n) is 15.3. The van der Waals surface area contributed by atoms with Crippen LogP contribution in [-0.2, 0) is 4.79 Å². The van der Waals surface area contributed by atoms with Crippen LogP contribution in [-0.4, -0.2) is 27.4 Å². The van der Waals surface area contributed by atoms with E-state index < -0.39 is 0 Å². The number of rotatable bonds is 4. The summed E-state index contributed by atoms with van der Waals surface area (Å²) in [6.45, 7) is 0. The minimum atomic E-state index is -0.292. The van der Waals surface area contributed by atoms with E-state index in [9.17, 15) is 9.90 Å². The highest BCUT2D eigenvalue weighted by Gasteiger charge is 2.33. The lowest BCUT2D eigenvalue weighted by Crippen LogP contribution is -2.23. The standard InChI is InChI=1S/C23H17N3O2S/c27-20-14-8-7-11-18(20)15-21-22(28)26(24-16-17-9-3-1-4-10-17)23(29-21)25-19-12-5-2-6-13-19/h1-16,27H/b21-15-,24-16+,25-23?. The van der Waals surface area contributed by atoms with Gasteiger partial charge in [0.1, 0.15) is 5.75 Å². The summed E-state index contributed by atoms with van der Waals surface area (Å²) in [6.07, 6.45) is 3.28. The lowest BCUT2D eigenvalue weighted by atomic mass is 10.2. The molecule has 1 aliphatic heterocycles. The van der Waals surface area contributed by atoms with Crippen molar-refractivity contribution in [3.63, 3.8) is 0 Å². The lowest BCUT2D eigenvalue weighted by molar-refractivity contribution is -0.122. The van der Waals surface area contributed by atoms with Crippen molar-refractivity contribution in [3.05, 3.63) is 101 Å². The van der Waals surface area contributed by atoms with Gasteiger partial charge < -0.3 is 5.11 Å². The number of thioether (sulfide) groups is 1. The SMILES string of the molecule is O=C1/C(=C/c2ccccc2O)SC(=Nc2ccccc2)N1/N=C/c1ccccc1. The topological polar surface area (TPSA) is 65.3 Å². The summed E-state index contributed by atoms with van der Waals surface area (Å²) in [4.78, 5) is 18.0. The molecule has 5 nitrogen and oxygen atoms in total. The Bertz CT molecular complexity index is 1110. The van der Waals surface area contributed by atoms with Crippen molar-refractivity contribution in [2.75, 3.05) is 0 Å². The van der Waals surface area contributed by atoms with Crippen LogP contribution in [0.5, 0.6) is 5.75 Å². The van der Waals surface area contributed by atoms with E-state index in [0.717, 1.165) is 11.3 Å². The molecule has 1 heterocycles. The summed E-state index contributed by atoms with van der Waals surface area (Å²) in [6, 6.07) is 25.8. The van der Waals surface area contributed by atoms with E-state index in [1.165, 1.54) is 16.8 Å². The maximum atomic E-state index is 13.0. The number of aliphatic imine (C=N–C) groups is 1. The zero-order valence-corrected chi connectivity index (χ0v) is 16.2. The molecule has 1 N–H and O–H groups in total. The van der Waals surface area contributed by atoms with E-state index in [-0.39, 0.29) is 11.7 Å². The average Bonchev–Trinajstić information content (AvgIpc) is 3.04. The maximum absolute atomic E-state index is 13.0. The minimum Gasteiger partial charge on any atom is -0.507 e. The number of carbonyl (C=O) groups excluding carboxylic acids is 1. The molecule has 0 radical (unpaired) electrons. The number of hydrogen-bond acceptors (Lipinski definition) is 5. The molecule has 3 aromatic carbocycles. The van der Waals surface area contributed by atoms with Gasteiger partial charge in [-0.2, -0.15) is 10.1 Å². The smallest absolute Gasteiger partial charge is 0.287 e. The summed E-state index contributed by atoms with van der Waals surface area (Å²) in [5.41, 5.74) is 2.17. The number of amides is 1. The molecule has 142 valence electrons. The second-order valence-electron chi connectivity index (χ2n) is 6.17. The number of carbonyl (C=O) groups is 1. The first kappa shape index (κ1) is 18.7. The fraction of sp³-hybridized carbons (Fsp3) is 0. The number of phenols is 1. The van der Waals surface area contributed by atoms with Gasteiger partial charge in [0.15, 0.2) is 5.17 Å². The van der Waals surface area contributed by atoms with Crippen molar-refractivity contribution in [2.24, 2.45) is 10.1 Å². The fourth-order valence-electron chi connectivity index (χ4n) is 2.67. The normalized spacial score (nSPS) is 17.0. The van der Waals surface area contributed by atoms with Gasteiger partial charge >= 0.3 is 0 Å². The average molecular weight is 399 g/mol. The Hall–Kier alpha value is -3.64. The van der Waals surface area contributed by atoms with Crippen LogP contribution in [0.1, 0.15) is 11.1 Å². The Morgan fingerprint density at radius 2 is 1.52 bits per heavy atom.